The SMILES string of the molecule is CCc1nc(C)c(C(C)N(C)Cc2cccc(C(=O)O)c2)s1. The van der Waals surface area contributed by atoms with Gasteiger partial charge in [0.15, 0.2) is 0 Å². The lowest BCUT2D eigenvalue weighted by Gasteiger charge is -2.24. The summed E-state index contributed by atoms with van der Waals surface area (Å²) in [5.41, 5.74) is 2.44. The molecule has 0 aliphatic rings. The molecule has 1 atom stereocenters. The highest BCUT2D eigenvalue weighted by Crippen LogP contribution is 2.29. The fourth-order valence-corrected chi connectivity index (χ4v) is 3.56. The molecule has 118 valence electrons. The monoisotopic (exact) mass is 318 g/mol. The minimum Gasteiger partial charge on any atom is -0.478 e. The van der Waals surface area contributed by atoms with Crippen molar-refractivity contribution in [3.8, 4) is 0 Å². The van der Waals surface area contributed by atoms with Gasteiger partial charge >= 0.3 is 5.97 Å². The van der Waals surface area contributed by atoms with Crippen LogP contribution in [0.25, 0.3) is 0 Å². The first kappa shape index (κ1) is 16.6. The maximum absolute atomic E-state index is 11.1. The fraction of sp³-hybridized carbons (Fsp3) is 0.412. The van der Waals surface area contributed by atoms with Crippen LogP contribution in [0, 0.1) is 6.92 Å². The summed E-state index contributed by atoms with van der Waals surface area (Å²) in [5.74, 6) is -0.886. The number of carboxylic acids is 1. The van der Waals surface area contributed by atoms with E-state index in [-0.39, 0.29) is 6.04 Å². The first-order valence-corrected chi connectivity index (χ1v) is 8.22. The summed E-state index contributed by atoms with van der Waals surface area (Å²) in [6.45, 7) is 7.05. The zero-order valence-corrected chi connectivity index (χ0v) is 14.3. The molecule has 2 rings (SSSR count). The van der Waals surface area contributed by atoms with Crippen LogP contribution in [-0.2, 0) is 13.0 Å². The lowest BCUT2D eigenvalue weighted by Crippen LogP contribution is -2.22. The number of thiazole rings is 1. The number of rotatable bonds is 6. The molecule has 4 nitrogen and oxygen atoms in total. The molecule has 1 heterocycles. The van der Waals surface area contributed by atoms with E-state index in [1.807, 2.05) is 6.07 Å². The van der Waals surface area contributed by atoms with E-state index in [0.717, 1.165) is 17.7 Å². The first-order valence-electron chi connectivity index (χ1n) is 7.41. The second kappa shape index (κ2) is 7.03. The highest BCUT2D eigenvalue weighted by molar-refractivity contribution is 7.11. The lowest BCUT2D eigenvalue weighted by molar-refractivity contribution is 0.0696. The molecule has 0 radical (unpaired) electrons. The molecular weight excluding hydrogens is 296 g/mol. The normalized spacial score (nSPS) is 12.6. The van der Waals surface area contributed by atoms with E-state index in [1.54, 1.807) is 29.5 Å². The van der Waals surface area contributed by atoms with Crippen LogP contribution in [-0.4, -0.2) is 28.0 Å². The van der Waals surface area contributed by atoms with Gasteiger partial charge in [-0.15, -0.1) is 11.3 Å². The van der Waals surface area contributed by atoms with Gasteiger partial charge in [0.1, 0.15) is 0 Å². The molecule has 0 fully saturated rings. The molecule has 0 saturated carbocycles. The van der Waals surface area contributed by atoms with Gasteiger partial charge < -0.3 is 5.11 Å². The van der Waals surface area contributed by atoms with Gasteiger partial charge in [0, 0.05) is 17.5 Å². The van der Waals surface area contributed by atoms with Crippen molar-refractivity contribution in [3.63, 3.8) is 0 Å². The molecular formula is C17H22N2O2S. The van der Waals surface area contributed by atoms with Crippen molar-refractivity contribution in [2.24, 2.45) is 0 Å². The van der Waals surface area contributed by atoms with Gasteiger partial charge in [0.2, 0.25) is 0 Å². The number of benzene rings is 1. The van der Waals surface area contributed by atoms with Crippen LogP contribution in [0.15, 0.2) is 24.3 Å². The molecule has 0 aliphatic carbocycles. The van der Waals surface area contributed by atoms with Crippen molar-refractivity contribution in [1.82, 2.24) is 9.88 Å². The first-order chi connectivity index (χ1) is 10.4. The molecule has 0 spiro atoms. The van der Waals surface area contributed by atoms with Gasteiger partial charge in [0.05, 0.1) is 16.3 Å². The van der Waals surface area contributed by atoms with Crippen molar-refractivity contribution in [2.45, 2.75) is 39.8 Å². The molecule has 1 unspecified atom stereocenters. The molecule has 2 aromatic rings. The predicted octanol–water partition coefficient (Wildman–Crippen LogP) is 3.91. The van der Waals surface area contributed by atoms with Gasteiger partial charge in [-0.05, 0) is 45.0 Å². The Morgan fingerprint density at radius 1 is 1.45 bits per heavy atom. The number of aryl methyl sites for hydroxylation is 2. The minimum absolute atomic E-state index is 0.256. The quantitative estimate of drug-likeness (QED) is 0.877. The Labute approximate surface area is 135 Å². The minimum atomic E-state index is -0.886. The molecule has 1 N–H and O–H groups in total. The standard InChI is InChI=1S/C17H22N2O2S/c1-5-15-18-11(2)16(22-15)12(3)19(4)10-13-7-6-8-14(9-13)17(20)21/h6-9,12H,5,10H2,1-4H3,(H,20,21). The van der Waals surface area contributed by atoms with E-state index in [2.05, 4.69) is 37.7 Å². The molecule has 5 heteroatoms. The summed E-state index contributed by atoms with van der Waals surface area (Å²) in [7, 11) is 2.06. The molecule has 1 aromatic carbocycles. The van der Waals surface area contributed by atoms with Gasteiger partial charge in [-0.1, -0.05) is 19.1 Å². The van der Waals surface area contributed by atoms with Crippen LogP contribution in [0.3, 0.4) is 0 Å². The number of carbonyl (C=O) groups is 1. The average Bonchev–Trinajstić information content (AvgIpc) is 2.87. The molecule has 22 heavy (non-hydrogen) atoms. The molecule has 0 aliphatic heterocycles. The third kappa shape index (κ3) is 3.72. The summed E-state index contributed by atoms with van der Waals surface area (Å²) in [5, 5.41) is 10.2. The maximum atomic E-state index is 11.1. The Kier molecular flexibility index (Phi) is 5.32. The third-order valence-corrected chi connectivity index (χ3v) is 5.30. The van der Waals surface area contributed by atoms with Gasteiger partial charge in [-0.25, -0.2) is 9.78 Å². The summed E-state index contributed by atoms with van der Waals surface area (Å²) >= 11 is 1.77. The van der Waals surface area contributed by atoms with Crippen LogP contribution in [0.4, 0.5) is 0 Å². The zero-order valence-electron chi connectivity index (χ0n) is 13.5. The van der Waals surface area contributed by atoms with E-state index in [0.29, 0.717) is 12.1 Å². The van der Waals surface area contributed by atoms with Crippen molar-refractivity contribution < 1.29 is 9.90 Å². The molecule has 0 amide bonds. The third-order valence-electron chi connectivity index (χ3n) is 3.83. The Morgan fingerprint density at radius 2 is 2.18 bits per heavy atom. The van der Waals surface area contributed by atoms with E-state index in [1.165, 1.54) is 9.88 Å². The largest absolute Gasteiger partial charge is 0.478 e. The van der Waals surface area contributed by atoms with E-state index in [9.17, 15) is 4.79 Å². The van der Waals surface area contributed by atoms with Crippen molar-refractivity contribution >= 4 is 17.3 Å². The van der Waals surface area contributed by atoms with Crippen LogP contribution in [0.2, 0.25) is 0 Å². The highest BCUT2D eigenvalue weighted by Gasteiger charge is 2.18. The summed E-state index contributed by atoms with van der Waals surface area (Å²) in [4.78, 5) is 19.2. The second-order valence-electron chi connectivity index (χ2n) is 5.51. The van der Waals surface area contributed by atoms with Gasteiger partial charge in [0.25, 0.3) is 0 Å². The van der Waals surface area contributed by atoms with E-state index in [4.69, 9.17) is 5.11 Å². The zero-order chi connectivity index (χ0) is 16.3. The van der Waals surface area contributed by atoms with Crippen LogP contribution >= 0.6 is 11.3 Å². The predicted molar refractivity (Wildman–Crippen MR) is 89.5 cm³/mol. The maximum Gasteiger partial charge on any atom is 0.335 e. The number of aromatic nitrogens is 1. The number of nitrogens with zero attached hydrogens (tertiary/aromatic N) is 2. The van der Waals surface area contributed by atoms with Crippen molar-refractivity contribution in [2.75, 3.05) is 7.05 Å². The Bertz CT molecular complexity index is 666. The van der Waals surface area contributed by atoms with Gasteiger partial charge in [-0.2, -0.15) is 0 Å². The van der Waals surface area contributed by atoms with E-state index < -0.39 is 5.97 Å². The second-order valence-corrected chi connectivity index (χ2v) is 6.62. The van der Waals surface area contributed by atoms with Crippen LogP contribution in [0.5, 0.6) is 0 Å². The Hall–Kier alpha value is -1.72. The average molecular weight is 318 g/mol. The lowest BCUT2D eigenvalue weighted by atomic mass is 10.1. The van der Waals surface area contributed by atoms with Crippen molar-refractivity contribution in [3.05, 3.63) is 51.0 Å². The summed E-state index contributed by atoms with van der Waals surface area (Å²) in [6.07, 6.45) is 0.961. The summed E-state index contributed by atoms with van der Waals surface area (Å²) < 4.78 is 0. The fourth-order valence-electron chi connectivity index (χ4n) is 2.43. The highest BCUT2D eigenvalue weighted by atomic mass is 32.1. The van der Waals surface area contributed by atoms with Crippen LogP contribution < -0.4 is 0 Å². The Morgan fingerprint density at radius 3 is 2.77 bits per heavy atom. The molecule has 1 aromatic heterocycles. The topological polar surface area (TPSA) is 53.4 Å². The van der Waals surface area contributed by atoms with Crippen molar-refractivity contribution in [1.29, 1.82) is 0 Å². The molecule has 0 saturated heterocycles. The smallest absolute Gasteiger partial charge is 0.335 e. The number of carboxylic acid groups (broad SMARTS) is 1. The Balaban J connectivity index is 2.14. The summed E-state index contributed by atoms with van der Waals surface area (Å²) in [6, 6.07) is 7.38. The van der Waals surface area contributed by atoms with E-state index >= 15 is 0 Å². The number of hydrogen-bond donors (Lipinski definition) is 1. The van der Waals surface area contributed by atoms with Crippen LogP contribution in [0.1, 0.15) is 51.4 Å². The number of hydrogen-bond acceptors (Lipinski definition) is 4. The molecule has 0 bridgehead atoms. The van der Waals surface area contributed by atoms with Gasteiger partial charge in [-0.3, -0.25) is 4.90 Å². The number of aromatic carboxylic acids is 1.